The molecule has 7 nitrogen and oxygen atoms in total. The van der Waals surface area contributed by atoms with Crippen LogP contribution in [-0.4, -0.2) is 43.2 Å². The zero-order chi connectivity index (χ0) is 24.1. The van der Waals surface area contributed by atoms with Crippen molar-refractivity contribution in [2.24, 2.45) is 0 Å². The molecular formula is C25H24FN3O4S. The van der Waals surface area contributed by atoms with Crippen LogP contribution >= 0.6 is 11.8 Å². The van der Waals surface area contributed by atoms with Crippen molar-refractivity contribution in [2.45, 2.75) is 10.9 Å². The quantitative estimate of drug-likeness (QED) is 0.297. The Morgan fingerprint density at radius 3 is 2.21 bits per heavy atom. The zero-order valence-corrected chi connectivity index (χ0v) is 20.1. The third-order valence-corrected chi connectivity index (χ3v) is 6.15. The maximum absolute atomic E-state index is 14.9. The summed E-state index contributed by atoms with van der Waals surface area (Å²) in [7, 11) is 6.25. The van der Waals surface area contributed by atoms with E-state index < -0.39 is 0 Å². The molecule has 4 rings (SSSR count). The maximum atomic E-state index is 14.9. The van der Waals surface area contributed by atoms with Crippen molar-refractivity contribution in [2.75, 3.05) is 28.4 Å². The van der Waals surface area contributed by atoms with Crippen molar-refractivity contribution in [1.82, 2.24) is 14.8 Å². The Kier molecular flexibility index (Phi) is 7.22. The van der Waals surface area contributed by atoms with Crippen LogP contribution < -0.4 is 18.9 Å². The van der Waals surface area contributed by atoms with Crippen LogP contribution in [0.5, 0.6) is 23.0 Å². The molecule has 9 heteroatoms. The van der Waals surface area contributed by atoms with Gasteiger partial charge in [-0.2, -0.15) is 0 Å². The molecule has 0 unspecified atom stereocenters. The molecule has 0 aliphatic carbocycles. The number of para-hydroxylation sites is 1. The normalized spacial score (nSPS) is 10.7. The van der Waals surface area contributed by atoms with Crippen LogP contribution in [0.15, 0.2) is 65.8 Å². The van der Waals surface area contributed by atoms with E-state index in [4.69, 9.17) is 18.9 Å². The summed E-state index contributed by atoms with van der Waals surface area (Å²) < 4.78 is 38.3. The monoisotopic (exact) mass is 481 g/mol. The summed E-state index contributed by atoms with van der Waals surface area (Å²) in [5.41, 5.74) is 2.02. The van der Waals surface area contributed by atoms with Gasteiger partial charge in [0.2, 0.25) is 5.75 Å². The van der Waals surface area contributed by atoms with Gasteiger partial charge in [0.05, 0.1) is 34.1 Å². The Hall–Kier alpha value is -3.72. The lowest BCUT2D eigenvalue weighted by atomic mass is 10.1. The molecule has 1 aromatic heterocycles. The predicted octanol–water partition coefficient (Wildman–Crippen LogP) is 5.40. The van der Waals surface area contributed by atoms with Gasteiger partial charge in [-0.15, -0.1) is 10.2 Å². The predicted molar refractivity (Wildman–Crippen MR) is 129 cm³/mol. The van der Waals surface area contributed by atoms with E-state index in [2.05, 4.69) is 10.2 Å². The van der Waals surface area contributed by atoms with E-state index >= 15 is 0 Å². The number of nitrogens with zero attached hydrogens (tertiary/aromatic N) is 3. The van der Waals surface area contributed by atoms with E-state index in [1.807, 2.05) is 24.3 Å². The number of thioether (sulfide) groups is 1. The van der Waals surface area contributed by atoms with Gasteiger partial charge in [0.15, 0.2) is 22.5 Å². The standard InChI is InChI=1S/C25H24FN3O4S/c1-30-18-9-7-8-16(12-18)15-34-25-28-27-24(29(25)20-11-6-5-10-19(20)26)17-13-21(31-2)23(33-4)22(14-17)32-3/h5-14H,15H2,1-4H3. The van der Waals surface area contributed by atoms with Gasteiger partial charge in [0, 0.05) is 11.3 Å². The second-order valence-electron chi connectivity index (χ2n) is 7.15. The fourth-order valence-electron chi connectivity index (χ4n) is 3.52. The Balaban J connectivity index is 1.81. The molecule has 34 heavy (non-hydrogen) atoms. The van der Waals surface area contributed by atoms with E-state index in [1.165, 1.54) is 39.2 Å². The summed E-state index contributed by atoms with van der Waals surface area (Å²) in [5.74, 6) is 2.80. The molecule has 3 aromatic carbocycles. The van der Waals surface area contributed by atoms with E-state index in [0.29, 0.717) is 45.2 Å². The molecule has 0 aliphatic heterocycles. The minimum absolute atomic E-state index is 0.337. The number of ether oxygens (including phenoxy) is 4. The number of halogens is 1. The van der Waals surface area contributed by atoms with Crippen LogP contribution in [0.1, 0.15) is 5.56 Å². The lowest BCUT2D eigenvalue weighted by Crippen LogP contribution is -2.03. The van der Waals surface area contributed by atoms with Crippen LogP contribution in [0.4, 0.5) is 4.39 Å². The molecular weight excluding hydrogens is 457 g/mol. The van der Waals surface area contributed by atoms with Gasteiger partial charge in [-0.1, -0.05) is 36.0 Å². The molecule has 1 heterocycles. The Labute approximate surface area is 201 Å². The lowest BCUT2D eigenvalue weighted by molar-refractivity contribution is 0.324. The molecule has 0 aliphatic rings. The van der Waals surface area contributed by atoms with Gasteiger partial charge in [-0.3, -0.25) is 4.57 Å². The summed E-state index contributed by atoms with van der Waals surface area (Å²) in [4.78, 5) is 0. The molecule has 176 valence electrons. The smallest absolute Gasteiger partial charge is 0.203 e. The summed E-state index contributed by atoms with van der Waals surface area (Å²) in [6.07, 6.45) is 0. The average molecular weight is 482 g/mol. The van der Waals surface area contributed by atoms with Crippen molar-refractivity contribution >= 4 is 11.8 Å². The molecule has 0 radical (unpaired) electrons. The third-order valence-electron chi connectivity index (χ3n) is 5.15. The van der Waals surface area contributed by atoms with Crippen LogP contribution in [-0.2, 0) is 5.75 Å². The maximum Gasteiger partial charge on any atom is 0.203 e. The molecule has 0 amide bonds. The summed E-state index contributed by atoms with van der Waals surface area (Å²) in [5, 5.41) is 9.33. The second kappa shape index (κ2) is 10.5. The fraction of sp³-hybridized carbons (Fsp3) is 0.200. The lowest BCUT2D eigenvalue weighted by Gasteiger charge is -2.15. The van der Waals surface area contributed by atoms with Gasteiger partial charge >= 0.3 is 0 Å². The topological polar surface area (TPSA) is 67.6 Å². The van der Waals surface area contributed by atoms with Gasteiger partial charge < -0.3 is 18.9 Å². The number of methoxy groups -OCH3 is 4. The first-order valence-corrected chi connectivity index (χ1v) is 11.3. The minimum atomic E-state index is -0.390. The van der Waals surface area contributed by atoms with E-state index in [9.17, 15) is 4.39 Å². The number of hydrogen-bond donors (Lipinski definition) is 0. The number of rotatable bonds is 9. The SMILES string of the molecule is COc1cccc(CSc2nnc(-c3cc(OC)c(OC)c(OC)c3)n2-c2ccccc2F)c1. The van der Waals surface area contributed by atoms with Gasteiger partial charge in [-0.25, -0.2) is 4.39 Å². The molecule has 0 spiro atoms. The first-order chi connectivity index (χ1) is 16.6. The number of benzene rings is 3. The Morgan fingerprint density at radius 2 is 1.56 bits per heavy atom. The highest BCUT2D eigenvalue weighted by molar-refractivity contribution is 7.98. The summed E-state index contributed by atoms with van der Waals surface area (Å²) >= 11 is 1.45. The molecule has 0 saturated carbocycles. The van der Waals surface area contributed by atoms with Crippen molar-refractivity contribution in [3.63, 3.8) is 0 Å². The van der Waals surface area contributed by atoms with Crippen LogP contribution in [0.2, 0.25) is 0 Å². The molecule has 4 aromatic rings. The first-order valence-electron chi connectivity index (χ1n) is 10.4. The zero-order valence-electron chi connectivity index (χ0n) is 19.2. The molecule has 0 fully saturated rings. The van der Waals surface area contributed by atoms with Crippen molar-refractivity contribution in [3.8, 4) is 40.1 Å². The molecule has 0 saturated heterocycles. The van der Waals surface area contributed by atoms with E-state index in [-0.39, 0.29) is 5.82 Å². The average Bonchev–Trinajstić information content (AvgIpc) is 3.30. The van der Waals surface area contributed by atoms with Crippen LogP contribution in [0.3, 0.4) is 0 Å². The fourth-order valence-corrected chi connectivity index (χ4v) is 4.41. The van der Waals surface area contributed by atoms with Crippen molar-refractivity contribution in [1.29, 1.82) is 0 Å². The molecule has 0 bridgehead atoms. The van der Waals surface area contributed by atoms with Crippen LogP contribution in [0.25, 0.3) is 17.1 Å². The minimum Gasteiger partial charge on any atom is -0.497 e. The second-order valence-corrected chi connectivity index (χ2v) is 8.09. The molecule has 0 atom stereocenters. The van der Waals surface area contributed by atoms with E-state index in [0.717, 1.165) is 11.3 Å². The largest absolute Gasteiger partial charge is 0.497 e. The third kappa shape index (κ3) is 4.65. The van der Waals surface area contributed by atoms with Crippen LogP contribution in [0, 0.1) is 5.82 Å². The highest BCUT2D eigenvalue weighted by atomic mass is 32.2. The van der Waals surface area contributed by atoms with Gasteiger partial charge in [0.25, 0.3) is 0 Å². The Bertz CT molecular complexity index is 1270. The number of hydrogen-bond acceptors (Lipinski definition) is 7. The highest BCUT2D eigenvalue weighted by Crippen LogP contribution is 2.42. The van der Waals surface area contributed by atoms with E-state index in [1.54, 1.807) is 42.0 Å². The summed E-state index contributed by atoms with van der Waals surface area (Å²) in [6.45, 7) is 0. The summed E-state index contributed by atoms with van der Waals surface area (Å²) in [6, 6.07) is 17.8. The first kappa shape index (κ1) is 23.4. The van der Waals surface area contributed by atoms with Crippen molar-refractivity contribution in [3.05, 3.63) is 72.0 Å². The van der Waals surface area contributed by atoms with Gasteiger partial charge in [-0.05, 0) is 42.0 Å². The molecule has 0 N–H and O–H groups in total. The highest BCUT2D eigenvalue weighted by Gasteiger charge is 2.22. The number of aromatic nitrogens is 3. The Morgan fingerprint density at radius 1 is 0.824 bits per heavy atom. The van der Waals surface area contributed by atoms with Gasteiger partial charge in [0.1, 0.15) is 11.6 Å². The van der Waals surface area contributed by atoms with Crippen molar-refractivity contribution < 1.29 is 23.3 Å².